The van der Waals surface area contributed by atoms with Crippen LogP contribution in [0.2, 0.25) is 0 Å². The van der Waals surface area contributed by atoms with Gasteiger partial charge in [-0.1, -0.05) is 34.1 Å². The molecule has 0 spiro atoms. The highest BCUT2D eigenvalue weighted by Crippen LogP contribution is 2.08. The van der Waals surface area contributed by atoms with Gasteiger partial charge in [0.05, 0.1) is 19.0 Å². The lowest BCUT2D eigenvalue weighted by Gasteiger charge is -2.25. The van der Waals surface area contributed by atoms with Crippen LogP contribution < -0.4 is 21.7 Å². The second-order valence-corrected chi connectivity index (χ2v) is 8.53. The quantitative estimate of drug-likeness (QED) is 0.178. The van der Waals surface area contributed by atoms with E-state index in [9.17, 15) is 29.4 Å². The summed E-state index contributed by atoms with van der Waals surface area (Å²) in [4.78, 5) is 56.2. The third kappa shape index (κ3) is 9.18. The van der Waals surface area contributed by atoms with Crippen LogP contribution in [0, 0.1) is 11.8 Å². The highest BCUT2D eigenvalue weighted by Gasteiger charge is 2.31. The Balaban J connectivity index is 2.97. The van der Waals surface area contributed by atoms with Crippen molar-refractivity contribution in [1.29, 1.82) is 0 Å². The number of amides is 3. The first-order valence-corrected chi connectivity index (χ1v) is 11.0. The van der Waals surface area contributed by atoms with Crippen molar-refractivity contribution in [2.45, 2.75) is 71.1 Å². The molecule has 1 heterocycles. The van der Waals surface area contributed by atoms with Crippen LogP contribution in [0.3, 0.4) is 0 Å². The lowest BCUT2D eigenvalue weighted by molar-refractivity contribution is -0.142. The average Bonchev–Trinajstić information content (AvgIpc) is 3.27. The minimum Gasteiger partial charge on any atom is -0.480 e. The van der Waals surface area contributed by atoms with E-state index < -0.39 is 54.5 Å². The summed E-state index contributed by atoms with van der Waals surface area (Å²) in [6.07, 6.45) is 3.71. The summed E-state index contributed by atoms with van der Waals surface area (Å²) in [6.45, 7) is 6.60. The minimum absolute atomic E-state index is 0.00985. The van der Waals surface area contributed by atoms with Gasteiger partial charge in [-0.2, -0.15) is 0 Å². The summed E-state index contributed by atoms with van der Waals surface area (Å²) in [7, 11) is 0. The number of carboxylic acids is 1. The van der Waals surface area contributed by atoms with Crippen LogP contribution in [0.15, 0.2) is 12.5 Å². The molecule has 0 aliphatic rings. The zero-order valence-electron chi connectivity index (χ0n) is 19.5. The van der Waals surface area contributed by atoms with Crippen molar-refractivity contribution in [3.05, 3.63) is 18.2 Å². The molecule has 33 heavy (non-hydrogen) atoms. The minimum atomic E-state index is -1.34. The maximum atomic E-state index is 12.9. The van der Waals surface area contributed by atoms with Crippen molar-refractivity contribution in [2.24, 2.45) is 17.6 Å². The maximum Gasteiger partial charge on any atom is 0.326 e. The Morgan fingerprint density at radius 1 is 1.03 bits per heavy atom. The number of aliphatic hydroxyl groups is 1. The number of hydrogen-bond donors (Lipinski definition) is 7. The molecule has 186 valence electrons. The Bertz CT molecular complexity index is 784. The number of imidazole rings is 1. The smallest absolute Gasteiger partial charge is 0.326 e. The van der Waals surface area contributed by atoms with E-state index in [1.807, 2.05) is 20.8 Å². The second-order valence-electron chi connectivity index (χ2n) is 8.53. The van der Waals surface area contributed by atoms with Crippen molar-refractivity contribution in [2.75, 3.05) is 6.61 Å². The Hall–Kier alpha value is -2.99. The van der Waals surface area contributed by atoms with E-state index >= 15 is 0 Å². The van der Waals surface area contributed by atoms with Crippen LogP contribution in [-0.2, 0) is 25.6 Å². The van der Waals surface area contributed by atoms with Crippen molar-refractivity contribution in [1.82, 2.24) is 25.9 Å². The fourth-order valence-corrected chi connectivity index (χ4v) is 3.04. The molecule has 8 N–H and O–H groups in total. The fraction of sp³-hybridized carbons (Fsp3) is 0.667. The first-order valence-electron chi connectivity index (χ1n) is 11.0. The van der Waals surface area contributed by atoms with Crippen LogP contribution in [0.1, 0.15) is 46.2 Å². The van der Waals surface area contributed by atoms with Crippen LogP contribution in [-0.4, -0.2) is 74.6 Å². The molecule has 3 amide bonds. The molecule has 1 aromatic rings. The molecule has 0 aliphatic heterocycles. The summed E-state index contributed by atoms with van der Waals surface area (Å²) in [5, 5.41) is 26.4. The molecule has 5 unspecified atom stereocenters. The largest absolute Gasteiger partial charge is 0.480 e. The maximum absolute atomic E-state index is 12.9. The van der Waals surface area contributed by atoms with Crippen LogP contribution in [0.5, 0.6) is 0 Å². The highest BCUT2D eigenvalue weighted by molar-refractivity contribution is 5.94. The first kappa shape index (κ1) is 28.0. The lowest BCUT2D eigenvalue weighted by Crippen LogP contribution is -2.59. The van der Waals surface area contributed by atoms with Crippen LogP contribution in [0.25, 0.3) is 0 Å². The Morgan fingerprint density at radius 3 is 2.09 bits per heavy atom. The number of carbonyl (C=O) groups excluding carboxylic acids is 3. The summed E-state index contributed by atoms with van der Waals surface area (Å²) in [5.74, 6) is -3.45. The number of aromatic nitrogens is 2. The third-order valence-corrected chi connectivity index (χ3v) is 5.31. The first-order chi connectivity index (χ1) is 15.5. The van der Waals surface area contributed by atoms with Gasteiger partial charge in [0.2, 0.25) is 17.7 Å². The Kier molecular flexibility index (Phi) is 11.5. The van der Waals surface area contributed by atoms with E-state index in [4.69, 9.17) is 5.73 Å². The molecule has 1 aromatic heterocycles. The second kappa shape index (κ2) is 13.5. The number of nitrogens with zero attached hydrogens (tertiary/aromatic N) is 1. The number of aliphatic hydroxyl groups excluding tert-OH is 1. The molecule has 0 bridgehead atoms. The van der Waals surface area contributed by atoms with Gasteiger partial charge in [0.15, 0.2) is 0 Å². The molecular formula is C21H36N6O6. The Labute approximate surface area is 193 Å². The third-order valence-electron chi connectivity index (χ3n) is 5.31. The molecule has 0 saturated carbocycles. The Morgan fingerprint density at radius 2 is 1.61 bits per heavy atom. The number of hydrogen-bond acceptors (Lipinski definition) is 7. The van der Waals surface area contributed by atoms with Gasteiger partial charge < -0.3 is 36.9 Å². The molecule has 12 heteroatoms. The molecule has 1 rings (SSSR count). The molecule has 0 saturated heterocycles. The fourth-order valence-electron chi connectivity index (χ4n) is 3.04. The van der Waals surface area contributed by atoms with Gasteiger partial charge in [-0.3, -0.25) is 14.4 Å². The van der Waals surface area contributed by atoms with Gasteiger partial charge in [0, 0.05) is 18.3 Å². The highest BCUT2D eigenvalue weighted by atomic mass is 16.4. The topological polar surface area (TPSA) is 200 Å². The molecular weight excluding hydrogens is 432 g/mol. The zero-order valence-corrected chi connectivity index (χ0v) is 19.5. The normalized spacial score (nSPS) is 15.7. The molecule has 12 nitrogen and oxygen atoms in total. The number of H-pyrrole nitrogens is 1. The molecule has 0 aromatic carbocycles. The molecule has 0 radical (unpaired) electrons. The lowest BCUT2D eigenvalue weighted by atomic mass is 9.99. The summed E-state index contributed by atoms with van der Waals surface area (Å²) < 4.78 is 0. The predicted octanol–water partition coefficient (Wildman–Crippen LogP) is -1.10. The SMILES string of the molecule is CCC(C)C(N)C(=O)NC(CO)C(=O)NC(Cc1cnc[nH]1)C(=O)NC(CC(C)C)C(=O)O. The monoisotopic (exact) mass is 468 g/mol. The van der Waals surface area contributed by atoms with E-state index in [1.165, 1.54) is 12.5 Å². The number of nitrogens with two attached hydrogens (primary N) is 1. The van der Waals surface area contributed by atoms with Gasteiger partial charge >= 0.3 is 5.97 Å². The molecule has 0 fully saturated rings. The van der Waals surface area contributed by atoms with Gasteiger partial charge in [0.1, 0.15) is 18.1 Å². The number of carboxylic acid groups (broad SMARTS) is 1. The van der Waals surface area contributed by atoms with Crippen LogP contribution >= 0.6 is 0 Å². The summed E-state index contributed by atoms with van der Waals surface area (Å²) >= 11 is 0. The van der Waals surface area contributed by atoms with E-state index in [0.717, 1.165) is 0 Å². The average molecular weight is 469 g/mol. The molecule has 0 aliphatic carbocycles. The van der Waals surface area contributed by atoms with Crippen molar-refractivity contribution >= 4 is 23.7 Å². The standard InChI is InChI=1S/C21H36N6O6/c1-5-12(4)17(22)20(31)27-16(9-28)19(30)25-14(7-13-8-23-10-24-13)18(29)26-15(21(32)33)6-11(2)3/h8,10-12,14-17,28H,5-7,9,22H2,1-4H3,(H,23,24)(H,25,30)(H,26,29)(H,27,31)(H,32,33). The van der Waals surface area contributed by atoms with Gasteiger partial charge in [-0.25, -0.2) is 9.78 Å². The predicted molar refractivity (Wildman–Crippen MR) is 120 cm³/mol. The van der Waals surface area contributed by atoms with E-state index in [0.29, 0.717) is 12.1 Å². The van der Waals surface area contributed by atoms with Gasteiger partial charge in [-0.05, 0) is 18.3 Å². The van der Waals surface area contributed by atoms with Crippen molar-refractivity contribution in [3.63, 3.8) is 0 Å². The van der Waals surface area contributed by atoms with E-state index in [1.54, 1.807) is 6.92 Å². The zero-order chi connectivity index (χ0) is 25.1. The number of aliphatic carboxylic acids is 1. The number of carbonyl (C=O) groups is 4. The molecule has 5 atom stereocenters. The van der Waals surface area contributed by atoms with E-state index in [2.05, 4.69) is 25.9 Å². The number of aromatic amines is 1. The van der Waals surface area contributed by atoms with Crippen molar-refractivity contribution in [3.8, 4) is 0 Å². The van der Waals surface area contributed by atoms with Gasteiger partial charge in [-0.15, -0.1) is 0 Å². The van der Waals surface area contributed by atoms with Crippen molar-refractivity contribution < 1.29 is 29.4 Å². The van der Waals surface area contributed by atoms with Gasteiger partial charge in [0.25, 0.3) is 0 Å². The van der Waals surface area contributed by atoms with Crippen LogP contribution in [0.4, 0.5) is 0 Å². The number of nitrogens with one attached hydrogen (secondary N) is 4. The summed E-state index contributed by atoms with van der Waals surface area (Å²) in [6, 6.07) is -4.52. The van der Waals surface area contributed by atoms with E-state index in [-0.39, 0.29) is 24.7 Å². The summed E-state index contributed by atoms with van der Waals surface area (Å²) in [5.41, 5.74) is 6.40. The number of rotatable bonds is 14.